The van der Waals surface area contributed by atoms with E-state index in [1.807, 2.05) is 12.1 Å². The summed E-state index contributed by atoms with van der Waals surface area (Å²) >= 11 is 0. The summed E-state index contributed by atoms with van der Waals surface area (Å²) in [4.78, 5) is 11.4. The van der Waals surface area contributed by atoms with Crippen LogP contribution in [0.15, 0.2) is 24.3 Å². The highest BCUT2D eigenvalue weighted by Gasteiger charge is 2.24. The van der Waals surface area contributed by atoms with Crippen LogP contribution < -0.4 is 5.73 Å². The standard InChI is InChI=1S/C14H19NO2/c1-2-17-14(16)9-13(15)12-5-3-4-11(8-12)10-6-7-10/h3-5,8,10,13H,2,6-7,9,15H2,1H3/t13-/m1/s1. The lowest BCUT2D eigenvalue weighted by Gasteiger charge is -2.12. The molecular formula is C14H19NO2. The minimum atomic E-state index is -0.257. The number of benzene rings is 1. The van der Waals surface area contributed by atoms with Gasteiger partial charge in [0, 0.05) is 6.04 Å². The molecule has 3 nitrogen and oxygen atoms in total. The molecule has 1 saturated carbocycles. The maximum absolute atomic E-state index is 11.4. The zero-order valence-corrected chi connectivity index (χ0v) is 10.2. The van der Waals surface area contributed by atoms with E-state index in [9.17, 15) is 4.79 Å². The first kappa shape index (κ1) is 12.1. The van der Waals surface area contributed by atoms with Gasteiger partial charge in [0.2, 0.25) is 0 Å². The Labute approximate surface area is 102 Å². The van der Waals surface area contributed by atoms with Gasteiger partial charge in [-0.15, -0.1) is 0 Å². The molecule has 0 heterocycles. The molecule has 2 rings (SSSR count). The first-order valence-corrected chi connectivity index (χ1v) is 6.21. The van der Waals surface area contributed by atoms with Gasteiger partial charge < -0.3 is 10.5 Å². The monoisotopic (exact) mass is 233 g/mol. The zero-order valence-electron chi connectivity index (χ0n) is 10.2. The molecule has 3 heteroatoms. The fourth-order valence-corrected chi connectivity index (χ4v) is 1.98. The highest BCUT2D eigenvalue weighted by Crippen LogP contribution is 2.40. The van der Waals surface area contributed by atoms with Gasteiger partial charge >= 0.3 is 5.97 Å². The first-order chi connectivity index (χ1) is 8.20. The lowest BCUT2D eigenvalue weighted by atomic mass is 10.0. The van der Waals surface area contributed by atoms with Crippen LogP contribution in [-0.2, 0) is 9.53 Å². The molecule has 17 heavy (non-hydrogen) atoms. The Bertz CT molecular complexity index is 399. The van der Waals surface area contributed by atoms with Crippen LogP contribution in [0.1, 0.15) is 49.3 Å². The van der Waals surface area contributed by atoms with Gasteiger partial charge in [0.25, 0.3) is 0 Å². The molecule has 1 aromatic carbocycles. The van der Waals surface area contributed by atoms with Crippen molar-refractivity contribution in [2.24, 2.45) is 5.73 Å². The van der Waals surface area contributed by atoms with Crippen LogP contribution in [0, 0.1) is 0 Å². The second-order valence-corrected chi connectivity index (χ2v) is 4.56. The Morgan fingerprint density at radius 1 is 1.53 bits per heavy atom. The third-order valence-corrected chi connectivity index (χ3v) is 3.08. The quantitative estimate of drug-likeness (QED) is 0.795. The van der Waals surface area contributed by atoms with Crippen molar-refractivity contribution in [1.82, 2.24) is 0 Å². The Morgan fingerprint density at radius 2 is 2.29 bits per heavy atom. The zero-order chi connectivity index (χ0) is 12.3. The van der Waals surface area contributed by atoms with E-state index >= 15 is 0 Å². The molecule has 1 atom stereocenters. The molecule has 0 spiro atoms. The van der Waals surface area contributed by atoms with E-state index in [1.165, 1.54) is 18.4 Å². The van der Waals surface area contributed by atoms with Crippen molar-refractivity contribution in [1.29, 1.82) is 0 Å². The van der Waals surface area contributed by atoms with Crippen LogP contribution in [-0.4, -0.2) is 12.6 Å². The second kappa shape index (κ2) is 5.32. The summed E-state index contributed by atoms with van der Waals surface area (Å²) in [5.41, 5.74) is 8.39. The van der Waals surface area contributed by atoms with Crippen LogP contribution in [0.2, 0.25) is 0 Å². The number of rotatable bonds is 5. The summed E-state index contributed by atoms with van der Waals surface area (Å²) in [6.07, 6.45) is 2.80. The Balaban J connectivity index is 2.00. The molecule has 0 aliphatic heterocycles. The number of esters is 1. The van der Waals surface area contributed by atoms with Crippen molar-refractivity contribution in [3.8, 4) is 0 Å². The van der Waals surface area contributed by atoms with E-state index in [0.29, 0.717) is 12.5 Å². The van der Waals surface area contributed by atoms with Crippen LogP contribution in [0.5, 0.6) is 0 Å². The minimum absolute atomic E-state index is 0.225. The molecule has 1 aromatic rings. The molecular weight excluding hydrogens is 214 g/mol. The summed E-state index contributed by atoms with van der Waals surface area (Å²) in [7, 11) is 0. The number of carbonyl (C=O) groups is 1. The summed E-state index contributed by atoms with van der Waals surface area (Å²) in [5.74, 6) is 0.488. The molecule has 2 N–H and O–H groups in total. The SMILES string of the molecule is CCOC(=O)C[C@@H](N)c1cccc(C2CC2)c1. The molecule has 1 fully saturated rings. The lowest BCUT2D eigenvalue weighted by molar-refractivity contribution is -0.143. The van der Waals surface area contributed by atoms with E-state index in [1.54, 1.807) is 6.92 Å². The van der Waals surface area contributed by atoms with Gasteiger partial charge in [-0.05, 0) is 36.8 Å². The van der Waals surface area contributed by atoms with Gasteiger partial charge in [0.05, 0.1) is 13.0 Å². The average Bonchev–Trinajstić information content (AvgIpc) is 3.13. The Kier molecular flexibility index (Phi) is 3.79. The van der Waals surface area contributed by atoms with Gasteiger partial charge in [-0.3, -0.25) is 4.79 Å². The minimum Gasteiger partial charge on any atom is -0.466 e. The number of hydrogen-bond donors (Lipinski definition) is 1. The van der Waals surface area contributed by atoms with Crippen LogP contribution in [0.25, 0.3) is 0 Å². The molecule has 1 aliphatic rings. The van der Waals surface area contributed by atoms with E-state index in [-0.39, 0.29) is 18.4 Å². The third kappa shape index (κ3) is 3.30. The molecule has 0 bridgehead atoms. The molecule has 0 saturated heterocycles. The lowest BCUT2D eigenvalue weighted by Crippen LogP contribution is -2.17. The van der Waals surface area contributed by atoms with E-state index in [0.717, 1.165) is 5.56 Å². The largest absolute Gasteiger partial charge is 0.466 e. The first-order valence-electron chi connectivity index (χ1n) is 6.21. The molecule has 92 valence electrons. The average molecular weight is 233 g/mol. The number of ether oxygens (including phenoxy) is 1. The third-order valence-electron chi connectivity index (χ3n) is 3.08. The van der Waals surface area contributed by atoms with Crippen molar-refractivity contribution in [2.45, 2.75) is 38.1 Å². The van der Waals surface area contributed by atoms with Gasteiger partial charge in [-0.1, -0.05) is 24.3 Å². The van der Waals surface area contributed by atoms with Crippen LogP contribution in [0.4, 0.5) is 0 Å². The Morgan fingerprint density at radius 3 is 2.94 bits per heavy atom. The number of nitrogens with two attached hydrogens (primary N) is 1. The van der Waals surface area contributed by atoms with E-state index in [2.05, 4.69) is 12.1 Å². The fourth-order valence-electron chi connectivity index (χ4n) is 1.98. The van der Waals surface area contributed by atoms with Crippen molar-refractivity contribution in [2.75, 3.05) is 6.61 Å². The van der Waals surface area contributed by atoms with Gasteiger partial charge in [-0.2, -0.15) is 0 Å². The van der Waals surface area contributed by atoms with Crippen LogP contribution in [0.3, 0.4) is 0 Å². The maximum atomic E-state index is 11.4. The highest BCUT2D eigenvalue weighted by atomic mass is 16.5. The van der Waals surface area contributed by atoms with E-state index in [4.69, 9.17) is 10.5 Å². The van der Waals surface area contributed by atoms with Crippen molar-refractivity contribution in [3.63, 3.8) is 0 Å². The van der Waals surface area contributed by atoms with Gasteiger partial charge in [0.15, 0.2) is 0 Å². The van der Waals surface area contributed by atoms with Gasteiger partial charge in [-0.25, -0.2) is 0 Å². The summed E-state index contributed by atoms with van der Waals surface area (Å²) in [5, 5.41) is 0. The number of hydrogen-bond acceptors (Lipinski definition) is 3. The second-order valence-electron chi connectivity index (χ2n) is 4.56. The maximum Gasteiger partial charge on any atom is 0.307 e. The summed E-state index contributed by atoms with van der Waals surface area (Å²) in [6.45, 7) is 2.21. The van der Waals surface area contributed by atoms with Crippen molar-refractivity contribution < 1.29 is 9.53 Å². The van der Waals surface area contributed by atoms with Crippen molar-refractivity contribution in [3.05, 3.63) is 35.4 Å². The van der Waals surface area contributed by atoms with Gasteiger partial charge in [0.1, 0.15) is 0 Å². The molecule has 0 radical (unpaired) electrons. The smallest absolute Gasteiger partial charge is 0.307 e. The highest BCUT2D eigenvalue weighted by molar-refractivity contribution is 5.70. The normalized spacial score (nSPS) is 16.6. The van der Waals surface area contributed by atoms with E-state index < -0.39 is 0 Å². The molecule has 0 aromatic heterocycles. The molecule has 0 unspecified atom stereocenters. The fraction of sp³-hybridized carbons (Fsp3) is 0.500. The molecule has 0 amide bonds. The van der Waals surface area contributed by atoms with Crippen molar-refractivity contribution >= 4 is 5.97 Å². The molecule has 1 aliphatic carbocycles. The topological polar surface area (TPSA) is 52.3 Å². The predicted octanol–water partition coefficient (Wildman–Crippen LogP) is 2.52. The van der Waals surface area contributed by atoms with Crippen LogP contribution >= 0.6 is 0 Å². The number of carbonyl (C=O) groups excluding carboxylic acids is 1. The summed E-state index contributed by atoms with van der Waals surface area (Å²) in [6, 6.07) is 8.01. The Hall–Kier alpha value is -1.35. The predicted molar refractivity (Wildman–Crippen MR) is 66.6 cm³/mol. The summed E-state index contributed by atoms with van der Waals surface area (Å²) < 4.78 is 4.91.